The SMILES string of the molecule is O=S(=O)(c1ccccc1)c1ccc(N2C=C(O)NS2(=O)=O)c(OCc2ccccc2)c1. The summed E-state index contributed by atoms with van der Waals surface area (Å²) in [5, 5.41) is 9.62. The summed E-state index contributed by atoms with van der Waals surface area (Å²) in [6.45, 7) is 0.0830. The maximum atomic E-state index is 13.0. The number of ether oxygens (including phenoxy) is 1. The molecule has 3 aromatic carbocycles. The number of nitrogens with one attached hydrogen (secondary N) is 1. The van der Waals surface area contributed by atoms with Crippen LogP contribution in [0.3, 0.4) is 0 Å². The van der Waals surface area contributed by atoms with Crippen LogP contribution in [0.2, 0.25) is 0 Å². The topological polar surface area (TPSA) is 113 Å². The third-order valence-corrected chi connectivity index (χ3v) is 7.56. The Morgan fingerprint density at radius 3 is 2.16 bits per heavy atom. The number of benzene rings is 3. The lowest BCUT2D eigenvalue weighted by molar-refractivity contribution is 0.306. The molecule has 2 N–H and O–H groups in total. The number of hydrogen-bond acceptors (Lipinski definition) is 6. The van der Waals surface area contributed by atoms with Crippen molar-refractivity contribution in [3.63, 3.8) is 0 Å². The Morgan fingerprint density at radius 2 is 1.55 bits per heavy atom. The van der Waals surface area contributed by atoms with Crippen LogP contribution in [0.1, 0.15) is 5.56 Å². The summed E-state index contributed by atoms with van der Waals surface area (Å²) >= 11 is 0. The van der Waals surface area contributed by atoms with Crippen LogP contribution in [0.25, 0.3) is 0 Å². The molecule has 0 aliphatic carbocycles. The summed E-state index contributed by atoms with van der Waals surface area (Å²) in [7, 11) is -7.94. The van der Waals surface area contributed by atoms with E-state index >= 15 is 0 Å². The van der Waals surface area contributed by atoms with Gasteiger partial charge in [0.15, 0.2) is 0 Å². The van der Waals surface area contributed by atoms with Gasteiger partial charge in [0.2, 0.25) is 15.7 Å². The first kappa shape index (κ1) is 20.8. The van der Waals surface area contributed by atoms with E-state index in [1.165, 1.54) is 30.3 Å². The second kappa shape index (κ2) is 7.97. The maximum Gasteiger partial charge on any atom is 0.330 e. The zero-order valence-corrected chi connectivity index (χ0v) is 17.7. The number of aliphatic hydroxyl groups is 1. The van der Waals surface area contributed by atoms with Crippen LogP contribution in [0.4, 0.5) is 5.69 Å². The van der Waals surface area contributed by atoms with Crippen molar-refractivity contribution in [2.45, 2.75) is 16.4 Å². The lowest BCUT2D eigenvalue weighted by atomic mass is 10.2. The van der Waals surface area contributed by atoms with Crippen LogP contribution in [-0.4, -0.2) is 21.9 Å². The lowest BCUT2D eigenvalue weighted by Gasteiger charge is -2.19. The minimum absolute atomic E-state index is 0.0252. The standard InChI is InChI=1S/C21H18N2O6S2/c24-21-14-23(31(27,28)22-21)19-12-11-18(30(25,26)17-9-5-2-6-10-17)13-20(19)29-15-16-7-3-1-4-8-16/h1-14,22,24H,15H2. The van der Waals surface area contributed by atoms with E-state index in [4.69, 9.17) is 4.74 Å². The van der Waals surface area contributed by atoms with Crippen LogP contribution in [0.15, 0.2) is 101 Å². The summed E-state index contributed by atoms with van der Waals surface area (Å²) in [6, 6.07) is 20.9. The molecule has 0 fully saturated rings. The second-order valence-corrected chi connectivity index (χ2v) is 10.1. The summed E-state index contributed by atoms with van der Waals surface area (Å²) in [5.74, 6) is -0.535. The van der Waals surface area contributed by atoms with E-state index in [1.54, 1.807) is 18.2 Å². The molecule has 0 spiro atoms. The van der Waals surface area contributed by atoms with Crippen molar-refractivity contribution in [1.29, 1.82) is 0 Å². The van der Waals surface area contributed by atoms with Gasteiger partial charge in [-0.3, -0.25) is 0 Å². The molecule has 0 saturated heterocycles. The lowest BCUT2D eigenvalue weighted by Crippen LogP contribution is -2.30. The molecule has 0 unspecified atom stereocenters. The van der Waals surface area contributed by atoms with Crippen molar-refractivity contribution in [3.8, 4) is 5.75 Å². The number of hydrogen-bond donors (Lipinski definition) is 2. The van der Waals surface area contributed by atoms with E-state index in [0.29, 0.717) is 0 Å². The highest BCUT2D eigenvalue weighted by molar-refractivity contribution is 7.91. The van der Waals surface area contributed by atoms with E-state index in [-0.39, 0.29) is 27.8 Å². The molecule has 0 aromatic heterocycles. The van der Waals surface area contributed by atoms with Crippen molar-refractivity contribution >= 4 is 25.7 Å². The highest BCUT2D eigenvalue weighted by Crippen LogP contribution is 2.36. The van der Waals surface area contributed by atoms with Gasteiger partial charge in [-0.1, -0.05) is 48.5 Å². The Morgan fingerprint density at radius 1 is 0.903 bits per heavy atom. The van der Waals surface area contributed by atoms with E-state index in [0.717, 1.165) is 16.1 Å². The fourth-order valence-corrected chi connectivity index (χ4v) is 5.38. The van der Waals surface area contributed by atoms with Gasteiger partial charge in [-0.25, -0.2) is 17.4 Å². The number of nitrogens with zero attached hydrogens (tertiary/aromatic N) is 1. The Bertz CT molecular complexity index is 1340. The van der Waals surface area contributed by atoms with Gasteiger partial charge in [0.1, 0.15) is 18.0 Å². The zero-order valence-electron chi connectivity index (χ0n) is 16.0. The van der Waals surface area contributed by atoms with E-state index in [2.05, 4.69) is 0 Å². The predicted octanol–water partition coefficient (Wildman–Crippen LogP) is 3.11. The Kier molecular flexibility index (Phi) is 5.34. The number of aliphatic hydroxyl groups excluding tert-OH is 1. The normalized spacial score (nSPS) is 15.2. The smallest absolute Gasteiger partial charge is 0.330 e. The molecule has 0 bridgehead atoms. The molecule has 0 amide bonds. The van der Waals surface area contributed by atoms with Gasteiger partial charge in [-0.05, 0) is 29.8 Å². The molecule has 1 aliphatic rings. The molecule has 160 valence electrons. The average molecular weight is 459 g/mol. The summed E-state index contributed by atoms with van der Waals surface area (Å²) < 4.78 is 59.3. The molecule has 31 heavy (non-hydrogen) atoms. The largest absolute Gasteiger partial charge is 0.493 e. The third kappa shape index (κ3) is 4.21. The fourth-order valence-electron chi connectivity index (χ4n) is 3.02. The Hall–Kier alpha value is -3.50. The van der Waals surface area contributed by atoms with Crippen LogP contribution < -0.4 is 13.8 Å². The van der Waals surface area contributed by atoms with Gasteiger partial charge in [0, 0.05) is 6.07 Å². The minimum atomic E-state index is -4.08. The molecule has 1 aliphatic heterocycles. The molecular formula is C21H18N2O6S2. The number of sulfone groups is 1. The molecule has 3 aromatic rings. The minimum Gasteiger partial charge on any atom is -0.493 e. The third-order valence-electron chi connectivity index (χ3n) is 4.50. The van der Waals surface area contributed by atoms with E-state index in [1.807, 2.05) is 35.1 Å². The van der Waals surface area contributed by atoms with Crippen molar-refractivity contribution in [2.24, 2.45) is 0 Å². The van der Waals surface area contributed by atoms with E-state index < -0.39 is 25.9 Å². The molecule has 1 heterocycles. The summed E-state index contributed by atoms with van der Waals surface area (Å²) in [5.41, 5.74) is 0.866. The quantitative estimate of drug-likeness (QED) is 0.587. The molecule has 8 nitrogen and oxygen atoms in total. The van der Waals surface area contributed by atoms with Crippen LogP contribution in [0.5, 0.6) is 5.75 Å². The number of anilines is 1. The van der Waals surface area contributed by atoms with Gasteiger partial charge in [0.05, 0.1) is 16.0 Å². The van der Waals surface area contributed by atoms with E-state index in [9.17, 15) is 21.9 Å². The van der Waals surface area contributed by atoms with Gasteiger partial charge in [0.25, 0.3) is 0 Å². The summed E-state index contributed by atoms with van der Waals surface area (Å²) in [6.07, 6.45) is 0.978. The first-order valence-corrected chi connectivity index (χ1v) is 12.0. The highest BCUT2D eigenvalue weighted by Gasteiger charge is 2.32. The van der Waals surface area contributed by atoms with Crippen molar-refractivity contribution in [1.82, 2.24) is 4.72 Å². The van der Waals surface area contributed by atoms with Crippen molar-refractivity contribution in [3.05, 3.63) is 96.5 Å². The first-order valence-electron chi connectivity index (χ1n) is 9.11. The van der Waals surface area contributed by atoms with Gasteiger partial charge in [-0.2, -0.15) is 8.42 Å². The number of rotatable bonds is 6. The van der Waals surface area contributed by atoms with Crippen LogP contribution >= 0.6 is 0 Å². The second-order valence-electron chi connectivity index (χ2n) is 6.64. The van der Waals surface area contributed by atoms with Crippen LogP contribution in [0, 0.1) is 0 Å². The van der Waals surface area contributed by atoms with Gasteiger partial charge >= 0.3 is 10.2 Å². The predicted molar refractivity (Wildman–Crippen MR) is 114 cm³/mol. The summed E-state index contributed by atoms with van der Waals surface area (Å²) in [4.78, 5) is 0.0491. The fraction of sp³-hybridized carbons (Fsp3) is 0.0476. The van der Waals surface area contributed by atoms with Gasteiger partial charge < -0.3 is 9.84 Å². The van der Waals surface area contributed by atoms with Crippen molar-refractivity contribution < 1.29 is 26.7 Å². The molecule has 10 heteroatoms. The van der Waals surface area contributed by atoms with Crippen molar-refractivity contribution in [2.75, 3.05) is 4.31 Å². The molecule has 4 rings (SSSR count). The average Bonchev–Trinajstić information content (AvgIpc) is 3.05. The first-order chi connectivity index (χ1) is 14.8. The molecule has 0 radical (unpaired) electrons. The zero-order chi connectivity index (χ0) is 22.1. The van der Waals surface area contributed by atoms with Crippen LogP contribution in [-0.2, 0) is 26.7 Å². The maximum absolute atomic E-state index is 13.0. The Labute approximate surface area is 180 Å². The molecule has 0 saturated carbocycles. The van der Waals surface area contributed by atoms with Gasteiger partial charge in [-0.15, -0.1) is 0 Å². The molecular weight excluding hydrogens is 440 g/mol. The highest BCUT2D eigenvalue weighted by atomic mass is 32.2. The molecule has 0 atom stereocenters. The Balaban J connectivity index is 1.78. The monoisotopic (exact) mass is 458 g/mol.